The molecule has 0 N–H and O–H groups in total. The van der Waals surface area contributed by atoms with Gasteiger partial charge in [-0.05, 0) is 92.9 Å². The van der Waals surface area contributed by atoms with Crippen molar-refractivity contribution >= 4 is 5.69 Å². The zero-order valence-electron chi connectivity index (χ0n) is 19.7. The maximum atomic E-state index is 2.61. The maximum Gasteiger partial charge on any atom is 0.0446 e. The van der Waals surface area contributed by atoms with E-state index in [1.54, 1.807) is 0 Å². The van der Waals surface area contributed by atoms with Crippen molar-refractivity contribution in [1.29, 1.82) is 0 Å². The van der Waals surface area contributed by atoms with Gasteiger partial charge in [0, 0.05) is 30.9 Å². The normalized spacial score (nSPS) is 17.6. The molecule has 3 rings (SSSR count). The van der Waals surface area contributed by atoms with Gasteiger partial charge < -0.3 is 9.80 Å². The molecule has 2 nitrogen and oxygen atoms in total. The summed E-state index contributed by atoms with van der Waals surface area (Å²) < 4.78 is 0. The highest BCUT2D eigenvalue weighted by Crippen LogP contribution is 2.38. The van der Waals surface area contributed by atoms with Gasteiger partial charge in [0.2, 0.25) is 0 Å². The summed E-state index contributed by atoms with van der Waals surface area (Å²) in [5.41, 5.74) is 8.84. The number of piperidine rings is 1. The van der Waals surface area contributed by atoms with Gasteiger partial charge in [0.05, 0.1) is 0 Å². The summed E-state index contributed by atoms with van der Waals surface area (Å²) >= 11 is 0. The highest BCUT2D eigenvalue weighted by molar-refractivity contribution is 5.80. The molecule has 1 saturated heterocycles. The van der Waals surface area contributed by atoms with E-state index in [9.17, 15) is 0 Å². The molecule has 1 aliphatic rings. The Morgan fingerprint density at radius 3 is 2.28 bits per heavy atom. The molecule has 1 heterocycles. The Balaban J connectivity index is 1.95. The number of hydrogen-bond donors (Lipinski definition) is 0. The van der Waals surface area contributed by atoms with Crippen molar-refractivity contribution < 1.29 is 0 Å². The second-order valence-corrected chi connectivity index (χ2v) is 10.4. The fourth-order valence-electron chi connectivity index (χ4n) is 4.57. The van der Waals surface area contributed by atoms with E-state index in [1.165, 1.54) is 46.3 Å². The fraction of sp³-hybridized carbons (Fsp3) is 0.556. The molecule has 0 aliphatic carbocycles. The second kappa shape index (κ2) is 8.92. The summed E-state index contributed by atoms with van der Waals surface area (Å²) in [6, 6.07) is 14.2. The molecule has 158 valence electrons. The molecular weight excluding hydrogens is 352 g/mol. The third-order valence-corrected chi connectivity index (χ3v) is 6.60. The van der Waals surface area contributed by atoms with Gasteiger partial charge in [0.1, 0.15) is 0 Å². The van der Waals surface area contributed by atoms with Crippen molar-refractivity contribution in [3.05, 3.63) is 53.1 Å². The monoisotopic (exact) mass is 392 g/mol. The smallest absolute Gasteiger partial charge is 0.0446 e. The number of nitrogens with zero attached hydrogens (tertiary/aromatic N) is 2. The van der Waals surface area contributed by atoms with Crippen molar-refractivity contribution in [3.8, 4) is 11.1 Å². The molecule has 0 saturated carbocycles. The Labute approximate surface area is 178 Å². The summed E-state index contributed by atoms with van der Waals surface area (Å²) in [5.74, 6) is 0.652. The van der Waals surface area contributed by atoms with E-state index in [0.29, 0.717) is 11.3 Å². The van der Waals surface area contributed by atoms with E-state index in [1.807, 2.05) is 0 Å². The topological polar surface area (TPSA) is 6.48 Å². The third kappa shape index (κ3) is 5.63. The van der Waals surface area contributed by atoms with Crippen LogP contribution in [0, 0.1) is 25.2 Å². The lowest BCUT2D eigenvalue weighted by molar-refractivity contribution is 0.280. The van der Waals surface area contributed by atoms with Gasteiger partial charge in [-0.1, -0.05) is 45.0 Å². The highest BCUT2D eigenvalue weighted by atomic mass is 15.1. The van der Waals surface area contributed by atoms with Crippen LogP contribution in [0.2, 0.25) is 0 Å². The summed E-state index contributed by atoms with van der Waals surface area (Å²) in [6.45, 7) is 15.0. The van der Waals surface area contributed by atoms with Gasteiger partial charge in [-0.25, -0.2) is 0 Å². The van der Waals surface area contributed by atoms with Crippen molar-refractivity contribution in [2.45, 2.75) is 53.9 Å². The van der Waals surface area contributed by atoms with Gasteiger partial charge in [-0.15, -0.1) is 0 Å². The van der Waals surface area contributed by atoms with Crippen LogP contribution in [0.4, 0.5) is 5.69 Å². The molecule has 2 aromatic carbocycles. The quantitative estimate of drug-likeness (QED) is 0.566. The summed E-state index contributed by atoms with van der Waals surface area (Å²) in [6.07, 6.45) is 3.66. The molecule has 1 fully saturated rings. The first kappa shape index (κ1) is 21.9. The lowest BCUT2D eigenvalue weighted by Crippen LogP contribution is -2.37. The van der Waals surface area contributed by atoms with E-state index in [2.05, 4.69) is 94.9 Å². The molecule has 29 heavy (non-hydrogen) atoms. The minimum Gasteiger partial charge on any atom is -0.371 e. The van der Waals surface area contributed by atoms with Crippen molar-refractivity contribution in [2.24, 2.45) is 11.3 Å². The molecule has 0 spiro atoms. The van der Waals surface area contributed by atoms with Gasteiger partial charge >= 0.3 is 0 Å². The zero-order chi connectivity index (χ0) is 21.2. The largest absolute Gasteiger partial charge is 0.371 e. The average Bonchev–Trinajstić information content (AvgIpc) is 2.63. The van der Waals surface area contributed by atoms with Crippen molar-refractivity contribution in [2.75, 3.05) is 38.6 Å². The molecule has 0 amide bonds. The first-order chi connectivity index (χ1) is 13.6. The van der Waals surface area contributed by atoms with E-state index in [0.717, 1.165) is 26.1 Å². The predicted octanol–water partition coefficient (Wildman–Crippen LogP) is 6.34. The van der Waals surface area contributed by atoms with Crippen LogP contribution in [0.3, 0.4) is 0 Å². The van der Waals surface area contributed by atoms with E-state index < -0.39 is 0 Å². The van der Waals surface area contributed by atoms with Crippen molar-refractivity contribution in [3.63, 3.8) is 0 Å². The average molecular weight is 393 g/mol. The van der Waals surface area contributed by atoms with Gasteiger partial charge in [-0.3, -0.25) is 0 Å². The Kier molecular flexibility index (Phi) is 6.73. The zero-order valence-corrected chi connectivity index (χ0v) is 19.7. The molecule has 1 atom stereocenters. The van der Waals surface area contributed by atoms with Crippen LogP contribution in [0.5, 0.6) is 0 Å². The van der Waals surface area contributed by atoms with Gasteiger partial charge in [-0.2, -0.15) is 0 Å². The Morgan fingerprint density at radius 2 is 1.66 bits per heavy atom. The summed E-state index contributed by atoms with van der Waals surface area (Å²) in [4.78, 5) is 4.90. The molecule has 2 heteroatoms. The lowest BCUT2D eigenvalue weighted by Gasteiger charge is -2.39. The van der Waals surface area contributed by atoms with Crippen LogP contribution in [0.15, 0.2) is 36.4 Å². The number of benzene rings is 2. The van der Waals surface area contributed by atoms with Gasteiger partial charge in [0.25, 0.3) is 0 Å². The molecule has 1 unspecified atom stereocenters. The minimum atomic E-state index is 0.471. The maximum absolute atomic E-state index is 2.61. The first-order valence-corrected chi connectivity index (χ1v) is 11.2. The molecule has 2 aromatic rings. The van der Waals surface area contributed by atoms with Crippen LogP contribution in [0.25, 0.3) is 11.1 Å². The van der Waals surface area contributed by atoms with Crippen LogP contribution in [-0.2, 0) is 6.42 Å². The van der Waals surface area contributed by atoms with Crippen LogP contribution >= 0.6 is 0 Å². The Morgan fingerprint density at radius 1 is 0.966 bits per heavy atom. The van der Waals surface area contributed by atoms with Crippen LogP contribution in [0.1, 0.15) is 50.3 Å². The third-order valence-electron chi connectivity index (χ3n) is 6.60. The fourth-order valence-corrected chi connectivity index (χ4v) is 4.57. The molecule has 1 aliphatic heterocycles. The highest BCUT2D eigenvalue weighted by Gasteiger charge is 2.26. The molecular formula is C27H40N2. The molecule has 0 aromatic heterocycles. The minimum absolute atomic E-state index is 0.471. The number of rotatable bonds is 6. The van der Waals surface area contributed by atoms with E-state index in [4.69, 9.17) is 0 Å². The van der Waals surface area contributed by atoms with Crippen LogP contribution in [-0.4, -0.2) is 38.6 Å². The predicted molar refractivity (Wildman–Crippen MR) is 128 cm³/mol. The number of hydrogen-bond acceptors (Lipinski definition) is 2. The van der Waals surface area contributed by atoms with Gasteiger partial charge in [0.15, 0.2) is 0 Å². The Hall–Kier alpha value is -1.80. The SMILES string of the molecule is Cc1ccc(-c2cc(CC(C)CN(C)C)ccc2N2CCC(C)(C)CC2)cc1C. The van der Waals surface area contributed by atoms with E-state index >= 15 is 0 Å². The Bertz CT molecular complexity index is 824. The molecule has 0 bridgehead atoms. The number of anilines is 1. The second-order valence-electron chi connectivity index (χ2n) is 10.4. The van der Waals surface area contributed by atoms with Crippen LogP contribution < -0.4 is 4.90 Å². The summed E-state index contributed by atoms with van der Waals surface area (Å²) in [7, 11) is 4.33. The van der Waals surface area contributed by atoms with E-state index in [-0.39, 0.29) is 0 Å². The first-order valence-electron chi connectivity index (χ1n) is 11.2. The van der Waals surface area contributed by atoms with Crippen molar-refractivity contribution in [1.82, 2.24) is 4.90 Å². The molecule has 0 radical (unpaired) electrons. The number of aryl methyl sites for hydroxylation is 2. The standard InChI is InChI=1S/C27H40N2/c1-20(19-28(6)7)16-23-9-11-26(29-14-12-27(4,5)13-15-29)25(18-23)24-10-8-21(2)22(3)17-24/h8-11,17-18,20H,12-16,19H2,1-7H3. The summed E-state index contributed by atoms with van der Waals surface area (Å²) in [5, 5.41) is 0. The lowest BCUT2D eigenvalue weighted by atomic mass is 9.82.